The van der Waals surface area contributed by atoms with E-state index in [0.29, 0.717) is 18.0 Å². The predicted octanol–water partition coefficient (Wildman–Crippen LogP) is 3.17. The van der Waals surface area contributed by atoms with E-state index in [-0.39, 0.29) is 12.5 Å². The van der Waals surface area contributed by atoms with Gasteiger partial charge in [0.05, 0.1) is 24.0 Å². The number of nitrogens with zero attached hydrogens (tertiary/aromatic N) is 1. The van der Waals surface area contributed by atoms with Gasteiger partial charge in [0.1, 0.15) is 12.3 Å². The molecule has 0 aliphatic heterocycles. The zero-order valence-electron chi connectivity index (χ0n) is 14.6. The monoisotopic (exact) mass is 460 g/mol. The minimum absolute atomic E-state index is 0.247. The first kappa shape index (κ1) is 20.9. The van der Waals surface area contributed by atoms with Crippen LogP contribution < -0.4 is 9.62 Å². The molecule has 0 saturated heterocycles. The molecule has 26 heavy (non-hydrogen) atoms. The minimum atomic E-state index is -3.57. The Morgan fingerprint density at radius 2 is 2.12 bits per heavy atom. The molecule has 0 aliphatic rings. The van der Waals surface area contributed by atoms with E-state index >= 15 is 0 Å². The van der Waals surface area contributed by atoms with E-state index in [4.69, 9.17) is 4.42 Å². The molecule has 1 amide bonds. The molecule has 9 heteroatoms. The molecule has 6 nitrogen and oxygen atoms in total. The highest BCUT2D eigenvalue weighted by molar-refractivity contribution is 9.10. The highest BCUT2D eigenvalue weighted by Gasteiger charge is 2.21. The topological polar surface area (TPSA) is 79.6 Å². The summed E-state index contributed by atoms with van der Waals surface area (Å²) >= 11 is 5.02. The summed E-state index contributed by atoms with van der Waals surface area (Å²) < 4.78 is 31.4. The highest BCUT2D eigenvalue weighted by Crippen LogP contribution is 2.24. The third-order valence-corrected chi connectivity index (χ3v) is 6.52. The zero-order chi connectivity index (χ0) is 19.2. The van der Waals surface area contributed by atoms with E-state index < -0.39 is 10.0 Å². The van der Waals surface area contributed by atoms with Gasteiger partial charge in [-0.1, -0.05) is 15.9 Å². The van der Waals surface area contributed by atoms with Gasteiger partial charge in [-0.2, -0.15) is 11.8 Å². The van der Waals surface area contributed by atoms with Crippen molar-refractivity contribution in [1.82, 2.24) is 5.32 Å². The number of rotatable bonds is 9. The Bertz CT molecular complexity index is 838. The summed E-state index contributed by atoms with van der Waals surface area (Å²) in [7, 11) is -3.57. The second-order valence-corrected chi connectivity index (χ2v) is 9.55. The lowest BCUT2D eigenvalue weighted by molar-refractivity contribution is -0.119. The van der Waals surface area contributed by atoms with E-state index in [1.165, 1.54) is 0 Å². The number of aryl methyl sites for hydroxylation is 1. The van der Waals surface area contributed by atoms with E-state index in [9.17, 15) is 13.2 Å². The van der Waals surface area contributed by atoms with Gasteiger partial charge < -0.3 is 9.73 Å². The van der Waals surface area contributed by atoms with Crippen molar-refractivity contribution in [2.75, 3.05) is 29.4 Å². The molecule has 2 aromatic rings. The first-order valence-electron chi connectivity index (χ1n) is 7.88. The standard InChI is InChI=1S/C17H21BrN2O4S2/c1-13-10-14(5-6-16(13)18)20(26(2,22)23)11-17(21)19-7-9-25-12-15-4-3-8-24-15/h3-6,8,10H,7,9,11-12H2,1-2H3,(H,19,21). The van der Waals surface area contributed by atoms with Crippen molar-refractivity contribution in [2.45, 2.75) is 12.7 Å². The van der Waals surface area contributed by atoms with Crippen LogP contribution in [0.4, 0.5) is 5.69 Å². The predicted molar refractivity (Wildman–Crippen MR) is 109 cm³/mol. The number of amides is 1. The van der Waals surface area contributed by atoms with Crippen LogP contribution in [0.15, 0.2) is 45.5 Å². The van der Waals surface area contributed by atoms with Gasteiger partial charge in [-0.25, -0.2) is 8.42 Å². The Labute approximate surface area is 166 Å². The van der Waals surface area contributed by atoms with Crippen LogP contribution in [0.5, 0.6) is 0 Å². The minimum Gasteiger partial charge on any atom is -0.468 e. The number of furan rings is 1. The molecule has 1 N–H and O–H groups in total. The zero-order valence-corrected chi connectivity index (χ0v) is 17.8. The Morgan fingerprint density at radius 3 is 2.73 bits per heavy atom. The summed E-state index contributed by atoms with van der Waals surface area (Å²) in [5.41, 5.74) is 1.36. The lowest BCUT2D eigenvalue weighted by atomic mass is 10.2. The van der Waals surface area contributed by atoms with Crippen molar-refractivity contribution in [3.8, 4) is 0 Å². The number of benzene rings is 1. The average molecular weight is 461 g/mol. The molecule has 0 fully saturated rings. The van der Waals surface area contributed by atoms with Gasteiger partial charge in [0, 0.05) is 16.8 Å². The van der Waals surface area contributed by atoms with Crippen molar-refractivity contribution in [2.24, 2.45) is 0 Å². The molecule has 0 spiro atoms. The first-order valence-corrected chi connectivity index (χ1v) is 11.7. The van der Waals surface area contributed by atoms with Crippen LogP contribution in [-0.4, -0.2) is 39.4 Å². The third kappa shape index (κ3) is 6.37. The quantitative estimate of drug-likeness (QED) is 0.581. The molecule has 0 unspecified atom stereocenters. The summed E-state index contributed by atoms with van der Waals surface area (Å²) in [5.74, 6) is 1.99. The molecule has 0 radical (unpaired) electrons. The van der Waals surface area contributed by atoms with Gasteiger partial charge in [0.25, 0.3) is 0 Å². The Balaban J connectivity index is 1.87. The molecule has 1 heterocycles. The van der Waals surface area contributed by atoms with Crippen molar-refractivity contribution in [3.05, 3.63) is 52.4 Å². The van der Waals surface area contributed by atoms with Crippen molar-refractivity contribution in [3.63, 3.8) is 0 Å². The molecule has 1 aromatic carbocycles. The van der Waals surface area contributed by atoms with Crippen LogP contribution in [0.25, 0.3) is 0 Å². The number of hydrogen-bond donors (Lipinski definition) is 1. The molecule has 0 saturated carbocycles. The highest BCUT2D eigenvalue weighted by atomic mass is 79.9. The van der Waals surface area contributed by atoms with Gasteiger partial charge in [-0.3, -0.25) is 9.10 Å². The molecular weight excluding hydrogens is 440 g/mol. The lowest BCUT2D eigenvalue weighted by Gasteiger charge is -2.22. The van der Waals surface area contributed by atoms with Gasteiger partial charge in [-0.05, 0) is 42.8 Å². The molecule has 2 rings (SSSR count). The van der Waals surface area contributed by atoms with Crippen molar-refractivity contribution in [1.29, 1.82) is 0 Å². The normalized spacial score (nSPS) is 11.3. The second kappa shape index (κ2) is 9.48. The number of carbonyl (C=O) groups excluding carboxylic acids is 1. The lowest BCUT2D eigenvalue weighted by Crippen LogP contribution is -2.41. The summed E-state index contributed by atoms with van der Waals surface area (Å²) in [6, 6.07) is 8.91. The SMILES string of the molecule is Cc1cc(N(CC(=O)NCCSCc2ccco2)S(C)(=O)=O)ccc1Br. The molecule has 142 valence electrons. The van der Waals surface area contributed by atoms with Gasteiger partial charge >= 0.3 is 0 Å². The molecular formula is C17H21BrN2O4S2. The maximum atomic E-state index is 12.2. The van der Waals surface area contributed by atoms with E-state index in [0.717, 1.165) is 32.1 Å². The summed E-state index contributed by atoms with van der Waals surface area (Å²) in [4.78, 5) is 12.2. The average Bonchev–Trinajstić information content (AvgIpc) is 3.07. The van der Waals surface area contributed by atoms with Crippen LogP contribution in [0.3, 0.4) is 0 Å². The first-order chi connectivity index (χ1) is 12.3. The van der Waals surface area contributed by atoms with E-state index in [1.54, 1.807) is 36.2 Å². The maximum absolute atomic E-state index is 12.2. The Hall–Kier alpha value is -1.45. The van der Waals surface area contributed by atoms with Crippen molar-refractivity contribution < 1.29 is 17.6 Å². The number of anilines is 1. The van der Waals surface area contributed by atoms with Gasteiger partial charge in [0.2, 0.25) is 15.9 Å². The van der Waals surface area contributed by atoms with Crippen LogP contribution in [0.2, 0.25) is 0 Å². The number of sulfonamides is 1. The fraction of sp³-hybridized carbons (Fsp3) is 0.353. The van der Waals surface area contributed by atoms with Crippen LogP contribution in [0, 0.1) is 6.92 Å². The Morgan fingerprint density at radius 1 is 1.35 bits per heavy atom. The summed E-state index contributed by atoms with van der Waals surface area (Å²) in [6.45, 7) is 2.08. The number of nitrogens with one attached hydrogen (secondary N) is 1. The fourth-order valence-corrected chi connectivity index (χ4v) is 4.05. The summed E-state index contributed by atoms with van der Waals surface area (Å²) in [6.07, 6.45) is 2.72. The smallest absolute Gasteiger partial charge is 0.240 e. The molecule has 0 bridgehead atoms. The van der Waals surface area contributed by atoms with Gasteiger partial charge in [-0.15, -0.1) is 0 Å². The molecule has 0 atom stereocenters. The van der Waals surface area contributed by atoms with E-state index in [1.807, 2.05) is 19.1 Å². The summed E-state index contributed by atoms with van der Waals surface area (Å²) in [5, 5.41) is 2.76. The molecule has 1 aromatic heterocycles. The number of thioether (sulfide) groups is 1. The van der Waals surface area contributed by atoms with Crippen LogP contribution >= 0.6 is 27.7 Å². The van der Waals surface area contributed by atoms with Crippen molar-refractivity contribution >= 4 is 49.3 Å². The maximum Gasteiger partial charge on any atom is 0.240 e. The van der Waals surface area contributed by atoms with Gasteiger partial charge in [0.15, 0.2) is 0 Å². The number of carbonyl (C=O) groups is 1. The van der Waals surface area contributed by atoms with Crippen LogP contribution in [0.1, 0.15) is 11.3 Å². The molecule has 0 aliphatic carbocycles. The Kier molecular flexibility index (Phi) is 7.60. The largest absolute Gasteiger partial charge is 0.468 e. The number of halogens is 1. The third-order valence-electron chi connectivity index (χ3n) is 3.51. The second-order valence-electron chi connectivity index (χ2n) is 5.69. The van der Waals surface area contributed by atoms with E-state index in [2.05, 4.69) is 21.2 Å². The van der Waals surface area contributed by atoms with Crippen LogP contribution in [-0.2, 0) is 20.6 Å². The number of hydrogen-bond acceptors (Lipinski definition) is 5. The fourth-order valence-electron chi connectivity index (χ4n) is 2.20.